The number of fused-ring (bicyclic) bond motifs is 1. The Labute approximate surface area is 113 Å². The molecule has 20 heavy (non-hydrogen) atoms. The van der Waals surface area contributed by atoms with Crippen LogP contribution < -0.4 is 5.32 Å². The molecule has 110 valence electrons. The number of alkyl halides is 3. The number of hydrogen-bond donors (Lipinski definition) is 1. The van der Waals surface area contributed by atoms with Gasteiger partial charge in [-0.2, -0.15) is 18.3 Å². The van der Waals surface area contributed by atoms with Crippen molar-refractivity contribution in [1.29, 1.82) is 0 Å². The van der Waals surface area contributed by atoms with Crippen molar-refractivity contribution in [3.8, 4) is 0 Å². The number of piperidine rings is 1. The molecule has 0 aromatic carbocycles. The third-order valence-electron chi connectivity index (χ3n) is 4.18. The quantitative estimate of drug-likeness (QED) is 0.798. The van der Waals surface area contributed by atoms with Crippen molar-refractivity contribution in [2.24, 2.45) is 22.1 Å². The molecule has 3 atom stereocenters. The van der Waals surface area contributed by atoms with Crippen LogP contribution in [0.25, 0.3) is 0 Å². The van der Waals surface area contributed by atoms with Gasteiger partial charge in [-0.1, -0.05) is 0 Å². The number of carbonyl (C=O) groups is 1. The summed E-state index contributed by atoms with van der Waals surface area (Å²) >= 11 is 0. The molecule has 0 aromatic rings. The zero-order chi connectivity index (χ0) is 14.3. The lowest BCUT2D eigenvalue weighted by Crippen LogP contribution is -2.42. The maximum absolute atomic E-state index is 13.1. The topological polar surface area (TPSA) is 57.1 Å². The summed E-state index contributed by atoms with van der Waals surface area (Å²) in [4.78, 5) is 13.1. The first-order valence-corrected chi connectivity index (χ1v) is 6.66. The van der Waals surface area contributed by atoms with Crippen LogP contribution in [0.5, 0.6) is 0 Å². The Morgan fingerprint density at radius 3 is 2.85 bits per heavy atom. The van der Waals surface area contributed by atoms with E-state index in [4.69, 9.17) is 0 Å². The van der Waals surface area contributed by atoms with Crippen molar-refractivity contribution >= 4 is 5.91 Å². The Kier molecular flexibility index (Phi) is 3.27. The van der Waals surface area contributed by atoms with E-state index >= 15 is 0 Å². The van der Waals surface area contributed by atoms with Crippen molar-refractivity contribution in [1.82, 2.24) is 10.2 Å². The highest BCUT2D eigenvalue weighted by atomic mass is 19.4. The number of likely N-dealkylation sites (tertiary alicyclic amines) is 1. The van der Waals surface area contributed by atoms with E-state index in [1.807, 2.05) is 0 Å². The minimum Gasteiger partial charge on any atom is -0.371 e. The largest absolute Gasteiger partial charge is 0.406 e. The predicted octanol–water partition coefficient (Wildman–Crippen LogP) is 1.68. The van der Waals surface area contributed by atoms with E-state index in [-0.39, 0.29) is 11.7 Å². The van der Waals surface area contributed by atoms with E-state index < -0.39 is 18.0 Å². The summed E-state index contributed by atoms with van der Waals surface area (Å²) in [6.07, 6.45) is -1.50. The third-order valence-corrected chi connectivity index (χ3v) is 4.18. The van der Waals surface area contributed by atoms with Gasteiger partial charge in [0.25, 0.3) is 5.91 Å². The van der Waals surface area contributed by atoms with Gasteiger partial charge < -0.3 is 10.2 Å². The maximum Gasteiger partial charge on any atom is 0.406 e. The highest BCUT2D eigenvalue weighted by Gasteiger charge is 2.51. The summed E-state index contributed by atoms with van der Waals surface area (Å²) < 4.78 is 39.2. The summed E-state index contributed by atoms with van der Waals surface area (Å²) in [5.41, 5.74) is -0.0614. The Morgan fingerprint density at radius 2 is 2.15 bits per heavy atom. The van der Waals surface area contributed by atoms with E-state index in [9.17, 15) is 18.0 Å². The first-order valence-electron chi connectivity index (χ1n) is 6.66. The number of carbonyl (C=O) groups excluding carboxylic acids is 1. The van der Waals surface area contributed by atoms with Crippen LogP contribution in [-0.2, 0) is 4.79 Å². The Morgan fingerprint density at radius 1 is 1.35 bits per heavy atom. The highest BCUT2D eigenvalue weighted by Crippen LogP contribution is 2.39. The molecule has 1 unspecified atom stereocenters. The molecular weight excluding hydrogens is 273 g/mol. The standard InChI is InChI=1S/C12H15F3N4O/c13-12(14,15)10-9(4-17-18-11(10)20)19-5-7-2-1-3-16-8(7)6-19/h4,7-8,10,16H,1-3,5-6H2/t7-,8+,10?/m0/s1. The maximum atomic E-state index is 13.1. The third kappa shape index (κ3) is 2.32. The van der Waals surface area contributed by atoms with Crippen LogP contribution in [0.4, 0.5) is 13.2 Å². The van der Waals surface area contributed by atoms with Crippen LogP contribution in [-0.4, -0.2) is 42.7 Å². The van der Waals surface area contributed by atoms with Crippen LogP contribution in [0.1, 0.15) is 12.8 Å². The van der Waals surface area contributed by atoms with Gasteiger partial charge in [-0.15, -0.1) is 5.11 Å². The van der Waals surface area contributed by atoms with Crippen LogP contribution >= 0.6 is 0 Å². The first-order chi connectivity index (χ1) is 9.47. The normalized spacial score (nSPS) is 34.1. The smallest absolute Gasteiger partial charge is 0.371 e. The molecule has 8 heteroatoms. The van der Waals surface area contributed by atoms with Gasteiger partial charge in [0.15, 0.2) is 5.92 Å². The molecular formula is C12H15F3N4O. The van der Waals surface area contributed by atoms with Gasteiger partial charge in [0, 0.05) is 19.1 Å². The van der Waals surface area contributed by atoms with Gasteiger partial charge in [-0.3, -0.25) is 4.79 Å². The number of rotatable bonds is 1. The fraction of sp³-hybridized carbons (Fsp3) is 0.750. The molecule has 1 amide bonds. The second-order valence-electron chi connectivity index (χ2n) is 5.45. The Bertz CT molecular complexity index is 460. The number of amides is 1. The van der Waals surface area contributed by atoms with Gasteiger partial charge >= 0.3 is 6.18 Å². The Hall–Kier alpha value is -1.44. The lowest BCUT2D eigenvalue weighted by Gasteiger charge is -2.29. The van der Waals surface area contributed by atoms with Crippen LogP contribution in [0.2, 0.25) is 0 Å². The second-order valence-corrected chi connectivity index (χ2v) is 5.45. The molecule has 3 aliphatic rings. The molecule has 3 heterocycles. The number of halogens is 3. The number of nitrogens with one attached hydrogen (secondary N) is 1. The Balaban J connectivity index is 1.83. The molecule has 0 aromatic heterocycles. The van der Waals surface area contributed by atoms with Crippen molar-refractivity contribution in [3.05, 3.63) is 11.9 Å². The van der Waals surface area contributed by atoms with E-state index in [2.05, 4.69) is 15.5 Å². The van der Waals surface area contributed by atoms with Gasteiger partial charge in [0.05, 0.1) is 11.9 Å². The minimum absolute atomic E-state index is 0.0614. The summed E-state index contributed by atoms with van der Waals surface area (Å²) in [6, 6.07) is 0.201. The lowest BCUT2D eigenvalue weighted by atomic mass is 9.94. The summed E-state index contributed by atoms with van der Waals surface area (Å²) in [5.74, 6) is -3.05. The van der Waals surface area contributed by atoms with Crippen LogP contribution in [0.3, 0.4) is 0 Å². The molecule has 0 spiro atoms. The average Bonchev–Trinajstić information content (AvgIpc) is 2.80. The number of azo groups is 1. The fourth-order valence-corrected chi connectivity index (χ4v) is 3.23. The molecule has 1 N–H and O–H groups in total. The predicted molar refractivity (Wildman–Crippen MR) is 63.6 cm³/mol. The molecule has 0 radical (unpaired) electrons. The SMILES string of the molecule is O=C1N=NC=C(N2C[C@@H]3CCCN[C@@H]3C2)C1C(F)(F)F. The molecule has 0 aliphatic carbocycles. The zero-order valence-corrected chi connectivity index (χ0v) is 10.7. The van der Waals surface area contributed by atoms with Crippen molar-refractivity contribution in [3.63, 3.8) is 0 Å². The van der Waals surface area contributed by atoms with Gasteiger partial charge in [-0.05, 0) is 25.3 Å². The molecule has 2 fully saturated rings. The minimum atomic E-state index is -4.62. The van der Waals surface area contributed by atoms with E-state index in [0.29, 0.717) is 19.0 Å². The first kappa shape index (κ1) is 13.5. The summed E-state index contributed by atoms with van der Waals surface area (Å²) in [7, 11) is 0. The van der Waals surface area contributed by atoms with Crippen molar-refractivity contribution in [2.45, 2.75) is 25.1 Å². The van der Waals surface area contributed by atoms with Gasteiger partial charge in [-0.25, -0.2) is 0 Å². The van der Waals surface area contributed by atoms with E-state index in [0.717, 1.165) is 25.6 Å². The van der Waals surface area contributed by atoms with Crippen molar-refractivity contribution < 1.29 is 18.0 Å². The average molecular weight is 288 g/mol. The molecule has 5 nitrogen and oxygen atoms in total. The molecule has 3 rings (SSSR count). The van der Waals surface area contributed by atoms with Crippen molar-refractivity contribution in [2.75, 3.05) is 19.6 Å². The van der Waals surface area contributed by atoms with Gasteiger partial charge in [0.2, 0.25) is 0 Å². The molecule has 2 saturated heterocycles. The van der Waals surface area contributed by atoms with E-state index in [1.165, 1.54) is 0 Å². The lowest BCUT2D eigenvalue weighted by molar-refractivity contribution is -0.176. The summed E-state index contributed by atoms with van der Waals surface area (Å²) in [5, 5.41) is 9.78. The number of nitrogens with zero attached hydrogens (tertiary/aromatic N) is 3. The fourth-order valence-electron chi connectivity index (χ4n) is 3.23. The zero-order valence-electron chi connectivity index (χ0n) is 10.7. The monoisotopic (exact) mass is 288 g/mol. The highest BCUT2D eigenvalue weighted by molar-refractivity contribution is 5.83. The van der Waals surface area contributed by atoms with Crippen LogP contribution in [0, 0.1) is 11.8 Å². The molecule has 0 bridgehead atoms. The molecule has 3 aliphatic heterocycles. The van der Waals surface area contributed by atoms with Gasteiger partial charge in [0.1, 0.15) is 0 Å². The van der Waals surface area contributed by atoms with Crippen LogP contribution in [0.15, 0.2) is 22.1 Å². The second kappa shape index (κ2) is 4.83. The summed E-state index contributed by atoms with van der Waals surface area (Å²) in [6.45, 7) is 1.93. The molecule has 0 saturated carbocycles. The number of hydrogen-bond acceptors (Lipinski definition) is 4. The van der Waals surface area contributed by atoms with E-state index in [1.54, 1.807) is 4.90 Å².